The first kappa shape index (κ1) is 17.9. The van der Waals surface area contributed by atoms with Gasteiger partial charge in [0.05, 0.1) is 0 Å². The van der Waals surface area contributed by atoms with Gasteiger partial charge in [0.2, 0.25) is 0 Å². The van der Waals surface area contributed by atoms with E-state index in [4.69, 9.17) is 0 Å². The summed E-state index contributed by atoms with van der Waals surface area (Å²) in [5, 5.41) is 0.635. The predicted molar refractivity (Wildman–Crippen MR) is 87.3 cm³/mol. The molecule has 0 aromatic carbocycles. The summed E-state index contributed by atoms with van der Waals surface area (Å²) >= 11 is 4.53. The largest absolute Gasteiger partial charge is 0.176 e. The third-order valence-electron chi connectivity index (χ3n) is 3.49. The molecular weight excluding hydrogens is 236 g/mol. The zero-order chi connectivity index (χ0) is 13.5. The molecule has 106 valence electrons. The summed E-state index contributed by atoms with van der Waals surface area (Å²) in [5.74, 6) is 6.09. The lowest BCUT2D eigenvalue weighted by Crippen LogP contribution is -1.95. The van der Waals surface area contributed by atoms with E-state index < -0.39 is 0 Å². The highest BCUT2D eigenvalue weighted by molar-refractivity contribution is 7.80. The van der Waals surface area contributed by atoms with Crippen LogP contribution < -0.4 is 0 Å². The van der Waals surface area contributed by atoms with Gasteiger partial charge in [-0.1, -0.05) is 58.3 Å². The first-order valence-corrected chi connectivity index (χ1v) is 8.40. The van der Waals surface area contributed by atoms with E-state index in [1.807, 2.05) is 6.92 Å². The fourth-order valence-electron chi connectivity index (χ4n) is 2.16. The molecule has 0 saturated carbocycles. The van der Waals surface area contributed by atoms with Crippen molar-refractivity contribution in [2.75, 3.05) is 0 Å². The standard InChI is InChI=1S/C17H32S/c1-3-5-6-7-8-9-10-11-12-13-14-15-16-17(18)4-2/h17-18H,4,6-16H2,1-2H3. The van der Waals surface area contributed by atoms with E-state index in [0.717, 1.165) is 6.42 Å². The molecule has 0 fully saturated rings. The second kappa shape index (κ2) is 15.0. The third-order valence-corrected chi connectivity index (χ3v) is 4.11. The van der Waals surface area contributed by atoms with E-state index in [9.17, 15) is 0 Å². The quantitative estimate of drug-likeness (QED) is 0.250. The topological polar surface area (TPSA) is 0 Å². The number of unbranched alkanes of at least 4 members (excludes halogenated alkanes) is 9. The second-order valence-electron chi connectivity index (χ2n) is 5.21. The molecule has 0 radical (unpaired) electrons. The molecule has 0 aromatic heterocycles. The SMILES string of the molecule is CC#CCCCCCCCCCCCC(S)CC. The van der Waals surface area contributed by atoms with Gasteiger partial charge in [0, 0.05) is 11.7 Å². The molecule has 0 aliphatic carbocycles. The molecule has 0 amide bonds. The van der Waals surface area contributed by atoms with Crippen molar-refractivity contribution < 1.29 is 0 Å². The molecule has 0 rings (SSSR count). The van der Waals surface area contributed by atoms with Crippen molar-refractivity contribution in [3.63, 3.8) is 0 Å². The van der Waals surface area contributed by atoms with Crippen LogP contribution in [-0.4, -0.2) is 5.25 Å². The van der Waals surface area contributed by atoms with Crippen molar-refractivity contribution in [2.45, 2.75) is 96.1 Å². The van der Waals surface area contributed by atoms with Crippen LogP contribution in [0.1, 0.15) is 90.9 Å². The van der Waals surface area contributed by atoms with Crippen molar-refractivity contribution in [3.8, 4) is 11.8 Å². The normalized spacial score (nSPS) is 11.9. The van der Waals surface area contributed by atoms with Crippen molar-refractivity contribution in [1.82, 2.24) is 0 Å². The average molecular weight is 269 g/mol. The summed E-state index contributed by atoms with van der Waals surface area (Å²) < 4.78 is 0. The van der Waals surface area contributed by atoms with Gasteiger partial charge in [-0.05, 0) is 26.2 Å². The maximum atomic E-state index is 4.53. The van der Waals surface area contributed by atoms with Gasteiger partial charge in [-0.25, -0.2) is 0 Å². The molecule has 0 saturated heterocycles. The maximum absolute atomic E-state index is 4.53. The van der Waals surface area contributed by atoms with Gasteiger partial charge in [-0.3, -0.25) is 0 Å². The van der Waals surface area contributed by atoms with Crippen LogP contribution in [0.25, 0.3) is 0 Å². The van der Waals surface area contributed by atoms with Crippen molar-refractivity contribution in [1.29, 1.82) is 0 Å². The number of hydrogen-bond acceptors (Lipinski definition) is 1. The van der Waals surface area contributed by atoms with Gasteiger partial charge in [-0.15, -0.1) is 11.8 Å². The molecule has 0 nitrogen and oxygen atoms in total. The lowest BCUT2D eigenvalue weighted by Gasteiger charge is -2.06. The summed E-state index contributed by atoms with van der Waals surface area (Å²) in [6.07, 6.45) is 16.2. The van der Waals surface area contributed by atoms with Crippen LogP contribution in [0.3, 0.4) is 0 Å². The van der Waals surface area contributed by atoms with Gasteiger partial charge < -0.3 is 0 Å². The van der Waals surface area contributed by atoms with Crippen molar-refractivity contribution >= 4 is 12.6 Å². The molecule has 0 spiro atoms. The Morgan fingerprint density at radius 3 is 1.83 bits per heavy atom. The molecular formula is C17H32S. The fourth-order valence-corrected chi connectivity index (χ4v) is 2.34. The lowest BCUT2D eigenvalue weighted by molar-refractivity contribution is 0.548. The minimum absolute atomic E-state index is 0.635. The molecule has 1 unspecified atom stereocenters. The Balaban J connectivity index is 3.00. The summed E-state index contributed by atoms with van der Waals surface area (Å²) in [6.45, 7) is 4.15. The molecule has 1 atom stereocenters. The molecule has 1 heteroatoms. The van der Waals surface area contributed by atoms with Crippen molar-refractivity contribution in [3.05, 3.63) is 0 Å². The van der Waals surface area contributed by atoms with Crippen LogP contribution in [0.2, 0.25) is 0 Å². The van der Waals surface area contributed by atoms with Gasteiger partial charge in [0.15, 0.2) is 0 Å². The Hall–Kier alpha value is -0.0900. The molecule has 0 bridgehead atoms. The molecule has 0 aromatic rings. The van der Waals surface area contributed by atoms with Gasteiger partial charge in [0.1, 0.15) is 0 Å². The highest BCUT2D eigenvalue weighted by Crippen LogP contribution is 2.14. The highest BCUT2D eigenvalue weighted by atomic mass is 32.1. The van der Waals surface area contributed by atoms with Gasteiger partial charge >= 0.3 is 0 Å². The van der Waals surface area contributed by atoms with E-state index in [1.165, 1.54) is 70.6 Å². The Morgan fingerprint density at radius 1 is 0.833 bits per heavy atom. The monoisotopic (exact) mass is 268 g/mol. The first-order chi connectivity index (χ1) is 8.81. The molecule has 0 N–H and O–H groups in total. The van der Waals surface area contributed by atoms with E-state index in [0.29, 0.717) is 5.25 Å². The summed E-state index contributed by atoms with van der Waals surface area (Å²) in [5.41, 5.74) is 0. The van der Waals surface area contributed by atoms with Crippen LogP contribution in [0.4, 0.5) is 0 Å². The zero-order valence-electron chi connectivity index (χ0n) is 12.5. The maximum Gasteiger partial charge on any atom is 0.00885 e. The van der Waals surface area contributed by atoms with E-state index in [-0.39, 0.29) is 0 Å². The number of rotatable bonds is 12. The van der Waals surface area contributed by atoms with Crippen molar-refractivity contribution in [2.24, 2.45) is 0 Å². The minimum Gasteiger partial charge on any atom is -0.176 e. The Labute approximate surface area is 121 Å². The molecule has 0 aliphatic rings. The lowest BCUT2D eigenvalue weighted by atomic mass is 10.0. The van der Waals surface area contributed by atoms with Crippen LogP contribution in [0.5, 0.6) is 0 Å². The second-order valence-corrected chi connectivity index (χ2v) is 5.94. The third kappa shape index (κ3) is 14.0. The summed E-state index contributed by atoms with van der Waals surface area (Å²) in [6, 6.07) is 0. The van der Waals surface area contributed by atoms with Gasteiger partial charge in [0.25, 0.3) is 0 Å². The van der Waals surface area contributed by atoms with Crippen LogP contribution in [-0.2, 0) is 0 Å². The average Bonchev–Trinajstić information content (AvgIpc) is 2.39. The molecule has 0 heterocycles. The molecule has 18 heavy (non-hydrogen) atoms. The van der Waals surface area contributed by atoms with Gasteiger partial charge in [-0.2, -0.15) is 12.6 Å². The predicted octanol–water partition coefficient (Wildman–Crippen LogP) is 6.01. The van der Waals surface area contributed by atoms with E-state index in [1.54, 1.807) is 0 Å². The highest BCUT2D eigenvalue weighted by Gasteiger charge is 1.98. The van der Waals surface area contributed by atoms with Crippen LogP contribution >= 0.6 is 12.6 Å². The smallest absolute Gasteiger partial charge is 0.00885 e. The molecule has 0 aliphatic heterocycles. The van der Waals surface area contributed by atoms with Crippen LogP contribution in [0, 0.1) is 11.8 Å². The summed E-state index contributed by atoms with van der Waals surface area (Å²) in [4.78, 5) is 0. The Morgan fingerprint density at radius 2 is 1.33 bits per heavy atom. The van der Waals surface area contributed by atoms with Crippen LogP contribution in [0.15, 0.2) is 0 Å². The Bertz CT molecular complexity index is 211. The number of thiol groups is 1. The first-order valence-electron chi connectivity index (χ1n) is 7.89. The minimum atomic E-state index is 0.635. The van der Waals surface area contributed by atoms with E-state index in [2.05, 4.69) is 31.4 Å². The van der Waals surface area contributed by atoms with E-state index >= 15 is 0 Å². The zero-order valence-corrected chi connectivity index (χ0v) is 13.4. The Kier molecular flexibility index (Phi) is 14.9. The summed E-state index contributed by atoms with van der Waals surface area (Å²) in [7, 11) is 0. The fraction of sp³-hybridized carbons (Fsp3) is 0.882. The number of hydrogen-bond donors (Lipinski definition) is 1.